The molecular weight excluding hydrogens is 356 g/mol. The number of rotatable bonds is 5. The molecule has 1 saturated carbocycles. The Balaban J connectivity index is 1.82. The van der Waals surface area contributed by atoms with Crippen molar-refractivity contribution in [3.8, 4) is 5.75 Å². The van der Waals surface area contributed by atoms with Gasteiger partial charge >= 0.3 is 6.03 Å². The van der Waals surface area contributed by atoms with Crippen LogP contribution >= 0.6 is 0 Å². The summed E-state index contributed by atoms with van der Waals surface area (Å²) in [6.07, 6.45) is 6.11. The molecule has 7 heteroatoms. The highest BCUT2D eigenvalue weighted by atomic mass is 16.5. The SMILES string of the molecule is COc1ccc(NC(=O)c2cc(C)n(C3CCCCC3)c2C)cc1NC(N)=O. The molecule has 150 valence electrons. The van der Waals surface area contributed by atoms with Gasteiger partial charge in [0.25, 0.3) is 5.91 Å². The fraction of sp³-hybridized carbons (Fsp3) is 0.429. The van der Waals surface area contributed by atoms with Crippen LogP contribution in [0.2, 0.25) is 0 Å². The van der Waals surface area contributed by atoms with E-state index in [4.69, 9.17) is 10.5 Å². The Morgan fingerprint density at radius 1 is 1.11 bits per heavy atom. The lowest BCUT2D eigenvalue weighted by atomic mass is 9.95. The normalized spacial score (nSPS) is 14.5. The van der Waals surface area contributed by atoms with Gasteiger partial charge in [-0.15, -0.1) is 0 Å². The smallest absolute Gasteiger partial charge is 0.316 e. The molecule has 1 aliphatic carbocycles. The van der Waals surface area contributed by atoms with E-state index in [-0.39, 0.29) is 5.91 Å². The lowest BCUT2D eigenvalue weighted by Crippen LogP contribution is -2.20. The van der Waals surface area contributed by atoms with Crippen molar-refractivity contribution in [1.82, 2.24) is 4.57 Å². The fourth-order valence-electron chi connectivity index (χ4n) is 4.12. The van der Waals surface area contributed by atoms with Gasteiger partial charge in [-0.3, -0.25) is 4.79 Å². The minimum atomic E-state index is -0.696. The summed E-state index contributed by atoms with van der Waals surface area (Å²) in [7, 11) is 1.50. The zero-order chi connectivity index (χ0) is 20.3. The van der Waals surface area contributed by atoms with Gasteiger partial charge in [0.2, 0.25) is 0 Å². The van der Waals surface area contributed by atoms with E-state index in [0.29, 0.717) is 28.7 Å². The summed E-state index contributed by atoms with van der Waals surface area (Å²) in [6.45, 7) is 4.06. The molecule has 0 unspecified atom stereocenters. The Hall–Kier alpha value is -2.96. The van der Waals surface area contributed by atoms with E-state index in [9.17, 15) is 9.59 Å². The number of methoxy groups -OCH3 is 1. The van der Waals surface area contributed by atoms with E-state index >= 15 is 0 Å². The van der Waals surface area contributed by atoms with Crippen molar-refractivity contribution in [1.29, 1.82) is 0 Å². The highest BCUT2D eigenvalue weighted by molar-refractivity contribution is 6.06. The van der Waals surface area contributed by atoms with Crippen molar-refractivity contribution in [2.24, 2.45) is 5.73 Å². The maximum Gasteiger partial charge on any atom is 0.316 e. The monoisotopic (exact) mass is 384 g/mol. The van der Waals surface area contributed by atoms with Crippen molar-refractivity contribution < 1.29 is 14.3 Å². The quantitative estimate of drug-likeness (QED) is 0.714. The average molecular weight is 384 g/mol. The van der Waals surface area contributed by atoms with Crippen LogP contribution in [0.4, 0.5) is 16.2 Å². The summed E-state index contributed by atoms with van der Waals surface area (Å²) in [6, 6.07) is 6.75. The number of urea groups is 1. The Kier molecular flexibility index (Phi) is 5.92. The van der Waals surface area contributed by atoms with Crippen molar-refractivity contribution in [2.75, 3.05) is 17.7 Å². The van der Waals surface area contributed by atoms with Crippen LogP contribution in [0.25, 0.3) is 0 Å². The second-order valence-electron chi connectivity index (χ2n) is 7.31. The number of hydrogen-bond acceptors (Lipinski definition) is 3. The third-order valence-corrected chi connectivity index (χ3v) is 5.38. The van der Waals surface area contributed by atoms with E-state index in [1.54, 1.807) is 18.2 Å². The number of hydrogen-bond donors (Lipinski definition) is 3. The predicted octanol–water partition coefficient (Wildman–Crippen LogP) is 4.36. The van der Waals surface area contributed by atoms with Crippen molar-refractivity contribution >= 4 is 23.3 Å². The number of carbonyl (C=O) groups is 2. The number of aromatic nitrogens is 1. The number of nitrogens with two attached hydrogens (primary N) is 1. The van der Waals surface area contributed by atoms with E-state index < -0.39 is 6.03 Å². The number of primary amides is 1. The maximum atomic E-state index is 12.9. The molecule has 28 heavy (non-hydrogen) atoms. The molecule has 0 radical (unpaired) electrons. The fourth-order valence-corrected chi connectivity index (χ4v) is 4.12. The highest BCUT2D eigenvalue weighted by Gasteiger charge is 2.22. The summed E-state index contributed by atoms with van der Waals surface area (Å²) >= 11 is 0. The van der Waals surface area contributed by atoms with Crippen LogP contribution in [0.1, 0.15) is 59.9 Å². The number of benzene rings is 1. The van der Waals surface area contributed by atoms with Crippen LogP contribution < -0.4 is 21.1 Å². The molecule has 1 fully saturated rings. The van der Waals surface area contributed by atoms with Crippen LogP contribution in [0, 0.1) is 13.8 Å². The van der Waals surface area contributed by atoms with Gasteiger partial charge in [0.05, 0.1) is 18.4 Å². The Morgan fingerprint density at radius 3 is 2.46 bits per heavy atom. The third kappa shape index (κ3) is 4.13. The van der Waals surface area contributed by atoms with Gasteiger partial charge in [0.15, 0.2) is 0 Å². The van der Waals surface area contributed by atoms with Crippen molar-refractivity contribution in [3.63, 3.8) is 0 Å². The second kappa shape index (κ2) is 8.37. The molecule has 0 bridgehead atoms. The first-order valence-electron chi connectivity index (χ1n) is 9.65. The first-order chi connectivity index (χ1) is 13.4. The molecule has 0 atom stereocenters. The van der Waals surface area contributed by atoms with Crippen LogP contribution in [0.5, 0.6) is 5.75 Å². The average Bonchev–Trinajstić information content (AvgIpc) is 2.96. The standard InChI is InChI=1S/C21H28N4O3/c1-13-11-17(14(2)25(13)16-7-5-4-6-8-16)20(26)23-15-9-10-19(28-3)18(12-15)24-21(22)27/h9-12,16H,4-8H2,1-3H3,(H,23,26)(H3,22,24,27). The number of nitrogens with zero attached hydrogens (tertiary/aromatic N) is 1. The van der Waals surface area contributed by atoms with Gasteiger partial charge < -0.3 is 25.7 Å². The van der Waals surface area contributed by atoms with E-state index in [1.165, 1.54) is 26.4 Å². The number of ether oxygens (including phenoxy) is 1. The Bertz CT molecular complexity index is 882. The number of aryl methyl sites for hydroxylation is 1. The molecule has 4 N–H and O–H groups in total. The second-order valence-corrected chi connectivity index (χ2v) is 7.31. The number of amides is 3. The number of carbonyl (C=O) groups excluding carboxylic acids is 2. The minimum absolute atomic E-state index is 0.176. The first kappa shape index (κ1) is 19.8. The molecule has 3 rings (SSSR count). The van der Waals surface area contributed by atoms with Crippen LogP contribution in [-0.4, -0.2) is 23.6 Å². The van der Waals surface area contributed by atoms with Crippen LogP contribution in [0.3, 0.4) is 0 Å². The van der Waals surface area contributed by atoms with Gasteiger partial charge in [-0.05, 0) is 51.0 Å². The van der Waals surface area contributed by atoms with Gasteiger partial charge in [-0.2, -0.15) is 0 Å². The molecule has 0 aliphatic heterocycles. The topological polar surface area (TPSA) is 98.4 Å². The Labute approximate surface area is 165 Å². The zero-order valence-corrected chi connectivity index (χ0v) is 16.7. The molecule has 0 spiro atoms. The summed E-state index contributed by atoms with van der Waals surface area (Å²) in [5.41, 5.74) is 8.93. The van der Waals surface area contributed by atoms with Crippen molar-refractivity contribution in [3.05, 3.63) is 41.2 Å². The van der Waals surface area contributed by atoms with Crippen molar-refractivity contribution in [2.45, 2.75) is 52.0 Å². The largest absolute Gasteiger partial charge is 0.495 e. The lowest BCUT2D eigenvalue weighted by Gasteiger charge is -2.26. The summed E-state index contributed by atoms with van der Waals surface area (Å²) in [4.78, 5) is 24.1. The molecule has 3 amide bonds. The van der Waals surface area contributed by atoms with E-state index in [2.05, 4.69) is 22.1 Å². The van der Waals surface area contributed by atoms with Gasteiger partial charge in [-0.1, -0.05) is 19.3 Å². The molecule has 1 aliphatic rings. The zero-order valence-electron chi connectivity index (χ0n) is 16.7. The summed E-state index contributed by atoms with van der Waals surface area (Å²) in [5.74, 6) is 0.289. The summed E-state index contributed by atoms with van der Waals surface area (Å²) in [5, 5.41) is 5.41. The highest BCUT2D eigenvalue weighted by Crippen LogP contribution is 2.33. The predicted molar refractivity (Wildman–Crippen MR) is 110 cm³/mol. The number of anilines is 2. The number of nitrogens with one attached hydrogen (secondary N) is 2. The van der Waals surface area contributed by atoms with Gasteiger partial charge in [0, 0.05) is 23.1 Å². The first-order valence-corrected chi connectivity index (χ1v) is 9.65. The molecular formula is C21H28N4O3. The van der Waals surface area contributed by atoms with E-state index in [0.717, 1.165) is 24.2 Å². The van der Waals surface area contributed by atoms with Crippen LogP contribution in [-0.2, 0) is 0 Å². The molecule has 2 aromatic rings. The third-order valence-electron chi connectivity index (χ3n) is 5.38. The molecule has 1 heterocycles. The molecule has 7 nitrogen and oxygen atoms in total. The van der Waals surface area contributed by atoms with Gasteiger partial charge in [-0.25, -0.2) is 4.79 Å². The summed E-state index contributed by atoms with van der Waals surface area (Å²) < 4.78 is 7.52. The lowest BCUT2D eigenvalue weighted by molar-refractivity contribution is 0.102. The van der Waals surface area contributed by atoms with Gasteiger partial charge in [0.1, 0.15) is 5.75 Å². The maximum absolute atomic E-state index is 12.9. The molecule has 1 aromatic heterocycles. The molecule has 1 aromatic carbocycles. The minimum Gasteiger partial charge on any atom is -0.495 e. The van der Waals surface area contributed by atoms with Crippen LogP contribution in [0.15, 0.2) is 24.3 Å². The molecule has 0 saturated heterocycles. The van der Waals surface area contributed by atoms with E-state index in [1.807, 2.05) is 13.0 Å². The Morgan fingerprint density at radius 2 is 1.82 bits per heavy atom.